The number of carbonyl (C=O) groups is 2. The summed E-state index contributed by atoms with van der Waals surface area (Å²) in [6.45, 7) is 0. The number of anilines is 1. The minimum Gasteiger partial charge on any atom is -0.478 e. The van der Waals surface area contributed by atoms with Crippen molar-refractivity contribution in [3.63, 3.8) is 0 Å². The van der Waals surface area contributed by atoms with E-state index in [2.05, 4.69) is 15.9 Å². The van der Waals surface area contributed by atoms with Crippen LogP contribution in [0.25, 0.3) is 11.1 Å². The zero-order valence-electron chi connectivity index (χ0n) is 12.6. The van der Waals surface area contributed by atoms with E-state index >= 15 is 0 Å². The molecule has 0 aliphatic carbocycles. The third kappa shape index (κ3) is 3.43. The maximum atomic E-state index is 13.3. The summed E-state index contributed by atoms with van der Waals surface area (Å²) < 4.78 is 39.8. The number of nitrogens with one attached hydrogen (secondary N) is 1. The SMILES string of the molecule is Nc1[nH]c(=O)c(C(=O)O)c(-c2ccc(CBr)c(C(F)(F)F)c2)c1C(=O)O. The number of rotatable bonds is 4. The first-order valence-corrected chi connectivity index (χ1v) is 7.90. The first-order valence-electron chi connectivity index (χ1n) is 6.77. The molecular formula is C15H10BrF3N2O5. The highest BCUT2D eigenvalue weighted by molar-refractivity contribution is 9.08. The fourth-order valence-corrected chi connectivity index (χ4v) is 2.94. The van der Waals surface area contributed by atoms with Gasteiger partial charge in [0.25, 0.3) is 5.56 Å². The number of aromatic amines is 1. The van der Waals surface area contributed by atoms with Gasteiger partial charge in [-0.15, -0.1) is 0 Å². The molecule has 0 saturated carbocycles. The Morgan fingerprint density at radius 3 is 2.19 bits per heavy atom. The zero-order valence-corrected chi connectivity index (χ0v) is 14.2. The quantitative estimate of drug-likeness (QED) is 0.546. The number of aromatic nitrogens is 1. The molecule has 138 valence electrons. The van der Waals surface area contributed by atoms with E-state index in [0.717, 1.165) is 12.1 Å². The van der Waals surface area contributed by atoms with Gasteiger partial charge in [0, 0.05) is 10.9 Å². The number of hydrogen-bond donors (Lipinski definition) is 4. The van der Waals surface area contributed by atoms with Crippen LogP contribution in [0.3, 0.4) is 0 Å². The molecular weight excluding hydrogens is 425 g/mol. The number of hydrogen-bond acceptors (Lipinski definition) is 4. The predicted molar refractivity (Wildman–Crippen MR) is 88.5 cm³/mol. The van der Waals surface area contributed by atoms with E-state index in [1.54, 1.807) is 0 Å². The number of halogens is 4. The number of carboxylic acid groups (broad SMARTS) is 2. The lowest BCUT2D eigenvalue weighted by Gasteiger charge is -2.16. The Morgan fingerprint density at radius 1 is 1.15 bits per heavy atom. The molecule has 7 nitrogen and oxygen atoms in total. The molecule has 0 saturated heterocycles. The van der Waals surface area contributed by atoms with Crippen molar-refractivity contribution in [1.82, 2.24) is 4.98 Å². The molecule has 0 spiro atoms. The Balaban J connectivity index is 2.98. The summed E-state index contributed by atoms with van der Waals surface area (Å²) in [6, 6.07) is 2.74. The third-order valence-corrected chi connectivity index (χ3v) is 4.12. The molecule has 0 aliphatic heterocycles. The van der Waals surface area contributed by atoms with Crippen molar-refractivity contribution in [1.29, 1.82) is 0 Å². The van der Waals surface area contributed by atoms with Gasteiger partial charge in [0.15, 0.2) is 0 Å². The number of pyridine rings is 1. The fraction of sp³-hybridized carbons (Fsp3) is 0.133. The monoisotopic (exact) mass is 434 g/mol. The standard InChI is InChI=1S/C15H10BrF3N2O5/c16-4-6-2-1-5(3-7(6)15(17,18)19)8-9(13(23)24)11(20)21-12(22)10(8)14(25)26/h1-3H,4H2,(H,23,24)(H,25,26)(H3,20,21,22). The molecule has 5 N–H and O–H groups in total. The van der Waals surface area contributed by atoms with E-state index < -0.39 is 57.3 Å². The summed E-state index contributed by atoms with van der Waals surface area (Å²) in [4.78, 5) is 36.7. The largest absolute Gasteiger partial charge is 0.478 e. The summed E-state index contributed by atoms with van der Waals surface area (Å²) in [5.41, 5.74) is 0.0521. The average Bonchev–Trinajstić information content (AvgIpc) is 2.51. The summed E-state index contributed by atoms with van der Waals surface area (Å²) in [5.74, 6) is -4.17. The molecule has 0 unspecified atom stereocenters. The van der Waals surface area contributed by atoms with Gasteiger partial charge in [0.2, 0.25) is 0 Å². The van der Waals surface area contributed by atoms with Crippen LogP contribution < -0.4 is 11.3 Å². The second kappa shape index (κ2) is 6.83. The number of alkyl halides is 4. The fourth-order valence-electron chi connectivity index (χ4n) is 2.45. The Hall–Kier alpha value is -2.82. The van der Waals surface area contributed by atoms with Crippen molar-refractivity contribution < 1.29 is 33.0 Å². The molecule has 1 heterocycles. The topological polar surface area (TPSA) is 133 Å². The molecule has 0 radical (unpaired) electrons. The van der Waals surface area contributed by atoms with Crippen LogP contribution in [-0.4, -0.2) is 27.1 Å². The lowest BCUT2D eigenvalue weighted by atomic mass is 9.93. The van der Waals surface area contributed by atoms with Gasteiger partial charge in [-0.2, -0.15) is 13.2 Å². The molecule has 1 aromatic carbocycles. The van der Waals surface area contributed by atoms with Crippen molar-refractivity contribution in [2.24, 2.45) is 0 Å². The first-order chi connectivity index (χ1) is 12.0. The van der Waals surface area contributed by atoms with Gasteiger partial charge in [-0.05, 0) is 17.2 Å². The van der Waals surface area contributed by atoms with Crippen molar-refractivity contribution in [2.45, 2.75) is 11.5 Å². The van der Waals surface area contributed by atoms with Gasteiger partial charge in [-0.1, -0.05) is 28.1 Å². The summed E-state index contributed by atoms with van der Waals surface area (Å²) in [7, 11) is 0. The number of carboxylic acids is 2. The van der Waals surface area contributed by atoms with Crippen LogP contribution in [0.1, 0.15) is 31.8 Å². The van der Waals surface area contributed by atoms with E-state index in [4.69, 9.17) is 5.73 Å². The van der Waals surface area contributed by atoms with Crippen LogP contribution in [0.15, 0.2) is 23.0 Å². The van der Waals surface area contributed by atoms with E-state index in [1.807, 2.05) is 4.98 Å². The molecule has 1 aromatic heterocycles. The van der Waals surface area contributed by atoms with E-state index in [0.29, 0.717) is 6.07 Å². The van der Waals surface area contributed by atoms with Crippen LogP contribution in [0, 0.1) is 0 Å². The van der Waals surface area contributed by atoms with Gasteiger partial charge in [0.1, 0.15) is 16.9 Å². The molecule has 11 heteroatoms. The van der Waals surface area contributed by atoms with Gasteiger partial charge in [-0.25, -0.2) is 9.59 Å². The number of benzene rings is 1. The number of nitrogen functional groups attached to an aromatic ring is 1. The van der Waals surface area contributed by atoms with Crippen LogP contribution in [0.2, 0.25) is 0 Å². The van der Waals surface area contributed by atoms with E-state index in [1.165, 1.54) is 0 Å². The number of nitrogens with two attached hydrogens (primary N) is 1. The normalized spacial score (nSPS) is 11.4. The second-order valence-corrected chi connectivity index (χ2v) is 5.67. The highest BCUT2D eigenvalue weighted by atomic mass is 79.9. The van der Waals surface area contributed by atoms with Gasteiger partial charge < -0.3 is 20.9 Å². The molecule has 2 rings (SSSR count). The molecule has 0 aliphatic rings. The van der Waals surface area contributed by atoms with E-state index in [-0.39, 0.29) is 10.9 Å². The molecule has 0 amide bonds. The van der Waals surface area contributed by atoms with Gasteiger partial charge in [0.05, 0.1) is 5.56 Å². The smallest absolute Gasteiger partial charge is 0.416 e. The number of aromatic carboxylic acids is 2. The molecule has 0 fully saturated rings. The average molecular weight is 435 g/mol. The van der Waals surface area contributed by atoms with Crippen LogP contribution in [0.4, 0.5) is 19.0 Å². The third-order valence-electron chi connectivity index (χ3n) is 3.52. The maximum absolute atomic E-state index is 13.3. The Labute approximate surface area is 151 Å². The van der Waals surface area contributed by atoms with Crippen LogP contribution in [0.5, 0.6) is 0 Å². The molecule has 26 heavy (non-hydrogen) atoms. The molecule has 0 atom stereocenters. The zero-order chi connectivity index (χ0) is 19.8. The predicted octanol–water partition coefficient (Wildman–Crippen LogP) is 2.93. The Morgan fingerprint density at radius 2 is 1.73 bits per heavy atom. The van der Waals surface area contributed by atoms with Crippen LogP contribution in [-0.2, 0) is 11.5 Å². The van der Waals surface area contributed by atoms with Gasteiger partial charge in [-0.3, -0.25) is 4.79 Å². The minimum atomic E-state index is -4.78. The van der Waals surface area contributed by atoms with E-state index in [9.17, 15) is 37.8 Å². The van der Waals surface area contributed by atoms with Crippen molar-refractivity contribution in [3.8, 4) is 11.1 Å². The van der Waals surface area contributed by atoms with Gasteiger partial charge >= 0.3 is 18.1 Å². The highest BCUT2D eigenvalue weighted by Crippen LogP contribution is 2.37. The highest BCUT2D eigenvalue weighted by Gasteiger charge is 2.34. The summed E-state index contributed by atoms with van der Waals surface area (Å²) in [6.07, 6.45) is -4.78. The minimum absolute atomic E-state index is 0.142. The second-order valence-electron chi connectivity index (χ2n) is 5.11. The first kappa shape index (κ1) is 19.5. The maximum Gasteiger partial charge on any atom is 0.416 e. The summed E-state index contributed by atoms with van der Waals surface area (Å²) >= 11 is 2.92. The summed E-state index contributed by atoms with van der Waals surface area (Å²) in [5, 5.41) is 18.4. The lowest BCUT2D eigenvalue weighted by Crippen LogP contribution is -2.24. The Kier molecular flexibility index (Phi) is 5.12. The molecule has 0 bridgehead atoms. The van der Waals surface area contributed by atoms with Crippen molar-refractivity contribution >= 4 is 33.7 Å². The Bertz CT molecular complexity index is 969. The molecule has 2 aromatic rings. The van der Waals surface area contributed by atoms with Crippen molar-refractivity contribution in [2.75, 3.05) is 5.73 Å². The number of H-pyrrole nitrogens is 1. The van der Waals surface area contributed by atoms with Crippen molar-refractivity contribution in [3.05, 3.63) is 50.8 Å². The lowest BCUT2D eigenvalue weighted by molar-refractivity contribution is -0.138. The van der Waals surface area contributed by atoms with Crippen LogP contribution >= 0.6 is 15.9 Å².